The minimum Gasteiger partial charge on any atom is -0.462 e. The number of carbonyl (C=O) groups is 1. The lowest BCUT2D eigenvalue weighted by atomic mass is 9.76. The van der Waals surface area contributed by atoms with Crippen LogP contribution in [0.5, 0.6) is 0 Å². The molecule has 1 saturated heterocycles. The minimum absolute atomic E-state index is 0.291. The van der Waals surface area contributed by atoms with Gasteiger partial charge in [0.15, 0.2) is 5.78 Å². The maximum atomic E-state index is 12.2. The summed E-state index contributed by atoms with van der Waals surface area (Å²) in [7, 11) is 0. The topological polar surface area (TPSA) is 35.5 Å². The van der Waals surface area contributed by atoms with Gasteiger partial charge in [0.05, 0.1) is 6.61 Å². The third kappa shape index (κ3) is 1.73. The van der Waals surface area contributed by atoms with E-state index in [0.29, 0.717) is 24.7 Å². The summed E-state index contributed by atoms with van der Waals surface area (Å²) in [4.78, 5) is 12.2. The van der Waals surface area contributed by atoms with Crippen molar-refractivity contribution in [2.45, 2.75) is 37.9 Å². The molecule has 2 atom stereocenters. The lowest BCUT2D eigenvalue weighted by Crippen LogP contribution is -2.45. The van der Waals surface area contributed by atoms with Gasteiger partial charge >= 0.3 is 0 Å². The number of hydrogen-bond donors (Lipinski definition) is 0. The Hall–Kier alpha value is -1.61. The van der Waals surface area contributed by atoms with E-state index in [1.165, 1.54) is 0 Å². The maximum absolute atomic E-state index is 12.2. The number of hydrogen-bond acceptors (Lipinski definition) is 3. The summed E-state index contributed by atoms with van der Waals surface area (Å²) < 4.78 is 12.3. The van der Waals surface area contributed by atoms with Crippen LogP contribution >= 0.6 is 0 Å². The first-order valence-electron chi connectivity index (χ1n) is 7.43. The molecule has 2 bridgehead atoms. The molecular weight excluding hydrogens is 252 g/mol. The SMILES string of the molecule is O=C1CCCC2=C1C1CCOC(c3ccccc3)(C1)O2. The van der Waals surface area contributed by atoms with Gasteiger partial charge in [-0.2, -0.15) is 0 Å². The van der Waals surface area contributed by atoms with Crippen LogP contribution in [0.3, 0.4) is 0 Å². The highest BCUT2D eigenvalue weighted by molar-refractivity contribution is 5.97. The van der Waals surface area contributed by atoms with Crippen molar-refractivity contribution in [3.63, 3.8) is 0 Å². The smallest absolute Gasteiger partial charge is 0.237 e. The van der Waals surface area contributed by atoms with Gasteiger partial charge in [0, 0.05) is 30.4 Å². The predicted octanol–water partition coefficient (Wildman–Crippen LogP) is 3.30. The van der Waals surface area contributed by atoms with Crippen LogP contribution in [0.25, 0.3) is 0 Å². The van der Waals surface area contributed by atoms with Gasteiger partial charge in [-0.05, 0) is 18.8 Å². The molecule has 0 N–H and O–H groups in total. The van der Waals surface area contributed by atoms with Gasteiger partial charge in [0.1, 0.15) is 5.76 Å². The molecule has 104 valence electrons. The van der Waals surface area contributed by atoms with Crippen molar-refractivity contribution >= 4 is 5.78 Å². The Balaban J connectivity index is 1.79. The van der Waals surface area contributed by atoms with Gasteiger partial charge < -0.3 is 9.47 Å². The fraction of sp³-hybridized carbons (Fsp3) is 0.471. The van der Waals surface area contributed by atoms with Crippen molar-refractivity contribution in [1.29, 1.82) is 0 Å². The number of rotatable bonds is 1. The molecule has 0 spiro atoms. The summed E-state index contributed by atoms with van der Waals surface area (Å²) >= 11 is 0. The zero-order chi connectivity index (χ0) is 13.6. The van der Waals surface area contributed by atoms with Gasteiger partial charge in [-0.25, -0.2) is 0 Å². The Labute approximate surface area is 118 Å². The van der Waals surface area contributed by atoms with Crippen LogP contribution in [0.2, 0.25) is 0 Å². The third-order valence-electron chi connectivity index (χ3n) is 4.64. The van der Waals surface area contributed by atoms with Crippen LogP contribution in [-0.4, -0.2) is 12.4 Å². The third-order valence-corrected chi connectivity index (χ3v) is 4.64. The number of Topliss-reactive ketones (excluding diaryl/α,β-unsaturated/α-hetero) is 1. The highest BCUT2D eigenvalue weighted by Crippen LogP contribution is 2.50. The largest absolute Gasteiger partial charge is 0.462 e. The second kappa shape index (κ2) is 4.45. The minimum atomic E-state index is -0.666. The zero-order valence-electron chi connectivity index (χ0n) is 11.4. The van der Waals surface area contributed by atoms with Crippen LogP contribution in [0.1, 0.15) is 37.7 Å². The highest BCUT2D eigenvalue weighted by atomic mass is 16.7. The number of allylic oxidation sites excluding steroid dienone is 2. The first-order chi connectivity index (χ1) is 9.78. The average molecular weight is 270 g/mol. The molecule has 2 aliphatic heterocycles. The molecule has 1 aromatic carbocycles. The van der Waals surface area contributed by atoms with Crippen LogP contribution in [0.4, 0.5) is 0 Å². The normalized spacial score (nSPS) is 32.6. The first-order valence-corrected chi connectivity index (χ1v) is 7.43. The van der Waals surface area contributed by atoms with Crippen molar-refractivity contribution < 1.29 is 14.3 Å². The molecule has 4 rings (SSSR count). The van der Waals surface area contributed by atoms with E-state index in [9.17, 15) is 4.79 Å². The van der Waals surface area contributed by atoms with Crippen LogP contribution < -0.4 is 0 Å². The summed E-state index contributed by atoms with van der Waals surface area (Å²) in [5.41, 5.74) is 2.03. The number of benzene rings is 1. The van der Waals surface area contributed by atoms with Gasteiger partial charge in [-0.3, -0.25) is 4.79 Å². The molecule has 2 unspecified atom stereocenters. The Morgan fingerprint density at radius 2 is 2.00 bits per heavy atom. The number of ether oxygens (including phenoxy) is 2. The Morgan fingerprint density at radius 1 is 1.15 bits per heavy atom. The summed E-state index contributed by atoms with van der Waals surface area (Å²) in [5, 5.41) is 0. The molecule has 3 heteroatoms. The van der Waals surface area contributed by atoms with E-state index in [1.54, 1.807) is 0 Å². The van der Waals surface area contributed by atoms with E-state index in [2.05, 4.69) is 12.1 Å². The molecule has 1 aromatic rings. The monoisotopic (exact) mass is 270 g/mol. The fourth-order valence-corrected chi connectivity index (χ4v) is 3.72. The zero-order valence-corrected chi connectivity index (χ0v) is 11.4. The molecule has 0 aromatic heterocycles. The molecule has 0 amide bonds. The van der Waals surface area contributed by atoms with Crippen molar-refractivity contribution in [1.82, 2.24) is 0 Å². The molecule has 20 heavy (non-hydrogen) atoms. The van der Waals surface area contributed by atoms with Gasteiger partial charge in [0.2, 0.25) is 5.79 Å². The van der Waals surface area contributed by atoms with Gasteiger partial charge in [0.25, 0.3) is 0 Å². The quantitative estimate of drug-likeness (QED) is 0.785. The first kappa shape index (κ1) is 12.2. The molecule has 2 heterocycles. The summed E-state index contributed by atoms with van der Waals surface area (Å²) in [5.74, 6) is 0.821. The standard InChI is InChI=1S/C17H18O3/c18-14-7-4-8-15-16(14)12-9-10-19-17(11-12,20-15)13-5-2-1-3-6-13/h1-3,5-6,12H,4,7-11H2. The molecule has 3 nitrogen and oxygen atoms in total. The lowest BCUT2D eigenvalue weighted by Gasteiger charge is -2.47. The molecule has 1 aliphatic carbocycles. The number of fused-ring (bicyclic) bond motifs is 3. The maximum Gasteiger partial charge on any atom is 0.237 e. The van der Waals surface area contributed by atoms with E-state index < -0.39 is 5.79 Å². The molecule has 1 fully saturated rings. The fourth-order valence-electron chi connectivity index (χ4n) is 3.72. The van der Waals surface area contributed by atoms with Gasteiger partial charge in [-0.15, -0.1) is 0 Å². The predicted molar refractivity (Wildman–Crippen MR) is 73.8 cm³/mol. The van der Waals surface area contributed by atoms with E-state index in [4.69, 9.17) is 9.47 Å². The van der Waals surface area contributed by atoms with E-state index in [1.807, 2.05) is 18.2 Å². The van der Waals surface area contributed by atoms with Crippen LogP contribution in [-0.2, 0) is 20.1 Å². The van der Waals surface area contributed by atoms with Crippen molar-refractivity contribution in [2.75, 3.05) is 6.61 Å². The van der Waals surface area contributed by atoms with Crippen molar-refractivity contribution in [2.24, 2.45) is 5.92 Å². The Morgan fingerprint density at radius 3 is 2.85 bits per heavy atom. The van der Waals surface area contributed by atoms with E-state index in [0.717, 1.165) is 42.6 Å². The number of ketones is 1. The Kier molecular flexibility index (Phi) is 2.71. The average Bonchev–Trinajstić information content (AvgIpc) is 2.48. The molecule has 3 aliphatic rings. The number of carbonyl (C=O) groups excluding carboxylic acids is 1. The molecule has 0 radical (unpaired) electrons. The van der Waals surface area contributed by atoms with Crippen molar-refractivity contribution in [3.05, 3.63) is 47.2 Å². The second-order valence-electron chi connectivity index (χ2n) is 5.87. The van der Waals surface area contributed by atoms with Crippen LogP contribution in [0.15, 0.2) is 41.7 Å². The molecular formula is C17H18O3. The van der Waals surface area contributed by atoms with Crippen LogP contribution in [0, 0.1) is 5.92 Å². The Bertz CT molecular complexity index is 575. The summed E-state index contributed by atoms with van der Waals surface area (Å²) in [6.07, 6.45) is 4.15. The highest BCUT2D eigenvalue weighted by Gasteiger charge is 2.49. The molecule has 0 saturated carbocycles. The lowest BCUT2D eigenvalue weighted by molar-refractivity contribution is -0.265. The van der Waals surface area contributed by atoms with Gasteiger partial charge in [-0.1, -0.05) is 30.3 Å². The van der Waals surface area contributed by atoms with E-state index >= 15 is 0 Å². The summed E-state index contributed by atoms with van der Waals surface area (Å²) in [6.45, 7) is 0.656. The van der Waals surface area contributed by atoms with Crippen molar-refractivity contribution in [3.8, 4) is 0 Å². The second-order valence-corrected chi connectivity index (χ2v) is 5.87. The van der Waals surface area contributed by atoms with E-state index in [-0.39, 0.29) is 0 Å². The summed E-state index contributed by atoms with van der Waals surface area (Å²) in [6, 6.07) is 10.1.